The molecule has 1 aliphatic carbocycles. The molecule has 2 aromatic carbocycles. The molecule has 2 aromatic heterocycles. The van der Waals surface area contributed by atoms with Gasteiger partial charge in [0.25, 0.3) is 11.8 Å². The van der Waals surface area contributed by atoms with Gasteiger partial charge >= 0.3 is 0 Å². The van der Waals surface area contributed by atoms with Crippen LogP contribution in [0.1, 0.15) is 57.2 Å². The molecule has 2 N–H and O–H groups in total. The summed E-state index contributed by atoms with van der Waals surface area (Å²) >= 11 is 0. The highest BCUT2D eigenvalue weighted by Crippen LogP contribution is 2.44. The fourth-order valence-electron chi connectivity index (χ4n) is 5.68. The monoisotopic (exact) mass is 588 g/mol. The van der Waals surface area contributed by atoms with Gasteiger partial charge in [-0.1, -0.05) is 36.4 Å². The molecule has 0 bridgehead atoms. The summed E-state index contributed by atoms with van der Waals surface area (Å²) in [5.74, 6) is -1.61. The lowest BCUT2D eigenvalue weighted by Gasteiger charge is -2.39. The van der Waals surface area contributed by atoms with E-state index in [1.165, 1.54) is 47.1 Å². The van der Waals surface area contributed by atoms with Gasteiger partial charge in [-0.2, -0.15) is 9.61 Å². The summed E-state index contributed by atoms with van der Waals surface area (Å²) in [6, 6.07) is 12.5. The average Bonchev–Trinajstić information content (AvgIpc) is 3.57. The lowest BCUT2D eigenvalue weighted by atomic mass is 9.74. The minimum atomic E-state index is -3.83. The zero-order chi connectivity index (χ0) is 29.6. The van der Waals surface area contributed by atoms with E-state index >= 15 is 0 Å². The van der Waals surface area contributed by atoms with E-state index in [9.17, 15) is 22.4 Å². The third kappa shape index (κ3) is 4.81. The molecule has 1 aliphatic heterocycles. The second-order valence-electron chi connectivity index (χ2n) is 10.6. The van der Waals surface area contributed by atoms with Crippen LogP contribution in [0.15, 0.2) is 60.9 Å². The number of likely N-dealkylation sites (tertiary alicyclic amines) is 1. The Hall–Kier alpha value is -4.58. The smallest absolute Gasteiger partial charge is 0.270 e. The summed E-state index contributed by atoms with van der Waals surface area (Å²) in [5, 5.41) is 7.48. The summed E-state index contributed by atoms with van der Waals surface area (Å²) < 4.78 is 41.2. The van der Waals surface area contributed by atoms with Gasteiger partial charge < -0.3 is 10.2 Å². The maximum Gasteiger partial charge on any atom is 0.270 e. The summed E-state index contributed by atoms with van der Waals surface area (Å²) in [6.45, 7) is 4.18. The number of allylic oxidation sites excluding steroid dienone is 1. The van der Waals surface area contributed by atoms with Crippen LogP contribution in [0.3, 0.4) is 0 Å². The van der Waals surface area contributed by atoms with Gasteiger partial charge in [0.15, 0.2) is 5.65 Å². The van der Waals surface area contributed by atoms with Gasteiger partial charge in [0.1, 0.15) is 22.8 Å². The lowest BCUT2D eigenvalue weighted by molar-refractivity contribution is 0.0690. The number of hydrogen-bond acceptors (Lipinski definition) is 7. The van der Waals surface area contributed by atoms with Crippen molar-refractivity contribution in [3.8, 4) is 0 Å². The van der Waals surface area contributed by atoms with Gasteiger partial charge in [-0.3, -0.25) is 9.59 Å². The number of aromatic nitrogens is 3. The normalized spacial score (nSPS) is 15.6. The van der Waals surface area contributed by atoms with Gasteiger partial charge in [-0.25, -0.2) is 22.5 Å². The van der Waals surface area contributed by atoms with Crippen LogP contribution in [0.4, 0.5) is 15.9 Å². The van der Waals surface area contributed by atoms with Crippen LogP contribution in [0.5, 0.6) is 0 Å². The molecule has 3 heterocycles. The Morgan fingerprint density at radius 2 is 1.83 bits per heavy atom. The maximum absolute atomic E-state index is 14.0. The first kappa shape index (κ1) is 27.6. The van der Waals surface area contributed by atoms with Crippen molar-refractivity contribution < 1.29 is 22.4 Å². The first-order chi connectivity index (χ1) is 20.1. The van der Waals surface area contributed by atoms with Crippen LogP contribution in [-0.2, 0) is 15.4 Å². The van der Waals surface area contributed by atoms with Crippen LogP contribution in [0.25, 0.3) is 11.7 Å². The molecule has 0 radical (unpaired) electrons. The Morgan fingerprint density at radius 3 is 2.57 bits per heavy atom. The number of aryl methyl sites for hydroxylation is 1. The molecule has 2 amide bonds. The number of nitrogens with one attached hydrogen (secondary N) is 2. The Kier molecular flexibility index (Phi) is 6.80. The number of carbonyl (C=O) groups is 2. The predicted octanol–water partition coefficient (Wildman–Crippen LogP) is 4.20. The van der Waals surface area contributed by atoms with Crippen LogP contribution < -0.4 is 10.0 Å². The Morgan fingerprint density at radius 1 is 1.07 bits per heavy atom. The number of amides is 2. The van der Waals surface area contributed by atoms with Crippen molar-refractivity contribution in [2.45, 2.75) is 32.1 Å². The zero-order valence-corrected chi connectivity index (χ0v) is 23.9. The van der Waals surface area contributed by atoms with E-state index < -0.39 is 21.7 Å². The Labute approximate surface area is 242 Å². The van der Waals surface area contributed by atoms with Gasteiger partial charge in [-0.15, -0.1) is 0 Å². The molecule has 1 spiro atoms. The van der Waals surface area contributed by atoms with Crippen LogP contribution in [0, 0.1) is 12.7 Å². The first-order valence-corrected chi connectivity index (χ1v) is 15.3. The van der Waals surface area contributed by atoms with Crippen LogP contribution in [-0.4, -0.2) is 58.6 Å². The largest absolute Gasteiger partial charge is 0.339 e. The number of carbonyl (C=O) groups excluding carboxylic acids is 2. The summed E-state index contributed by atoms with van der Waals surface area (Å²) in [6.07, 6.45) is 8.48. The van der Waals surface area contributed by atoms with Gasteiger partial charge in [-0.05, 0) is 61.6 Å². The number of sulfonamides is 1. The number of benzene rings is 2. The van der Waals surface area contributed by atoms with Crippen molar-refractivity contribution in [3.05, 3.63) is 94.6 Å². The maximum atomic E-state index is 14.0. The van der Waals surface area contributed by atoms with E-state index in [4.69, 9.17) is 0 Å². The molecule has 10 nitrogen and oxygen atoms in total. The van der Waals surface area contributed by atoms with E-state index in [1.54, 1.807) is 17.9 Å². The molecule has 12 heteroatoms. The predicted molar refractivity (Wildman–Crippen MR) is 157 cm³/mol. The number of hydrogen-bond donors (Lipinski definition) is 2. The van der Waals surface area contributed by atoms with E-state index in [2.05, 4.69) is 39.7 Å². The molecule has 1 saturated heterocycles. The number of anilines is 2. The van der Waals surface area contributed by atoms with E-state index in [0.29, 0.717) is 24.3 Å². The Balaban J connectivity index is 1.35. The average molecular weight is 589 g/mol. The van der Waals surface area contributed by atoms with Crippen molar-refractivity contribution in [2.75, 3.05) is 24.2 Å². The third-order valence-corrected chi connectivity index (χ3v) is 9.35. The number of piperidine rings is 1. The summed E-state index contributed by atoms with van der Waals surface area (Å²) in [4.78, 5) is 32.9. The molecule has 6 rings (SSSR count). The molecule has 4 aromatic rings. The summed E-state index contributed by atoms with van der Waals surface area (Å²) in [7, 11) is -3.83. The van der Waals surface area contributed by atoms with Gasteiger partial charge in [0, 0.05) is 30.4 Å². The first-order valence-electron chi connectivity index (χ1n) is 13.6. The topological polar surface area (TPSA) is 126 Å². The molecule has 0 atom stereocenters. The molecule has 0 saturated carbocycles. The number of halogens is 1. The van der Waals surface area contributed by atoms with Crippen molar-refractivity contribution in [3.63, 3.8) is 0 Å². The molecule has 2 aliphatic rings. The number of fused-ring (bicyclic) bond motifs is 3. The van der Waals surface area contributed by atoms with Gasteiger partial charge in [0.05, 0.1) is 11.9 Å². The van der Waals surface area contributed by atoms with E-state index in [1.807, 2.05) is 16.9 Å². The number of rotatable bonds is 6. The minimum absolute atomic E-state index is 0.0583. The standard InChI is InChI=1S/C30H29FN6O4S/c1-3-42(40,41)35-28(38)22-18-33-37-26(22)32-17-23(27(37)34-25-9-8-21(31)16-19(25)2)29(39)36-14-12-30(13-15-36)11-10-20-6-4-5-7-24(20)30/h4-11,16-18,34H,3,12-15H2,1-2H3,(H,35,38). The fourth-order valence-corrected chi connectivity index (χ4v) is 6.22. The van der Waals surface area contributed by atoms with Crippen molar-refractivity contribution in [1.82, 2.24) is 24.2 Å². The molecule has 0 unspecified atom stereocenters. The quantitative estimate of drug-likeness (QED) is 0.346. The van der Waals surface area contributed by atoms with Crippen molar-refractivity contribution in [2.24, 2.45) is 0 Å². The molecular formula is C30H29FN6O4S. The van der Waals surface area contributed by atoms with Crippen LogP contribution >= 0.6 is 0 Å². The SMILES string of the molecule is CCS(=O)(=O)NC(=O)c1cnn2c(Nc3ccc(F)cc3C)c(C(=O)N3CCC4(C=Cc5ccccc54)CC3)cnc12. The molecular weight excluding hydrogens is 559 g/mol. The van der Waals surface area contributed by atoms with E-state index in [-0.39, 0.29) is 39.7 Å². The third-order valence-electron chi connectivity index (χ3n) is 8.09. The molecule has 1 fully saturated rings. The second kappa shape index (κ2) is 10.4. The number of nitrogens with zero attached hydrogens (tertiary/aromatic N) is 4. The minimum Gasteiger partial charge on any atom is -0.339 e. The summed E-state index contributed by atoms with van der Waals surface area (Å²) in [5.41, 5.74) is 3.69. The zero-order valence-electron chi connectivity index (χ0n) is 23.1. The van der Waals surface area contributed by atoms with Crippen molar-refractivity contribution >= 4 is 45.1 Å². The van der Waals surface area contributed by atoms with E-state index in [0.717, 1.165) is 12.8 Å². The highest BCUT2D eigenvalue weighted by atomic mass is 32.2. The second-order valence-corrected chi connectivity index (χ2v) is 12.6. The highest BCUT2D eigenvalue weighted by Gasteiger charge is 2.39. The highest BCUT2D eigenvalue weighted by molar-refractivity contribution is 7.90. The van der Waals surface area contributed by atoms with Gasteiger partial charge in [0.2, 0.25) is 10.0 Å². The van der Waals surface area contributed by atoms with Crippen molar-refractivity contribution in [1.29, 1.82) is 0 Å². The Bertz CT molecular complexity index is 1880. The fraction of sp³-hybridized carbons (Fsp3) is 0.267. The lowest BCUT2D eigenvalue weighted by Crippen LogP contribution is -2.44. The molecule has 42 heavy (non-hydrogen) atoms. The van der Waals surface area contributed by atoms with Crippen LogP contribution in [0.2, 0.25) is 0 Å². The molecule has 216 valence electrons.